The summed E-state index contributed by atoms with van der Waals surface area (Å²) in [4.78, 5) is 16.6. The Morgan fingerprint density at radius 1 is 1.78 bits per heavy atom. The van der Waals surface area contributed by atoms with Crippen LogP contribution < -0.4 is 5.56 Å². The molecule has 1 N–H and O–H groups in total. The van der Waals surface area contributed by atoms with E-state index in [1.54, 1.807) is 6.92 Å². The van der Waals surface area contributed by atoms with Crippen LogP contribution in [-0.2, 0) is 0 Å². The summed E-state index contributed by atoms with van der Waals surface area (Å²) < 4.78 is 0. The molecule has 0 aliphatic rings. The minimum Gasteiger partial charge on any atom is -0.297 e. The normalized spacial score (nSPS) is 9.56. The number of aromatic nitrogens is 2. The number of halogens is 1. The first-order valence-electron chi connectivity index (χ1n) is 2.42. The molecule has 3 nitrogen and oxygen atoms in total. The van der Waals surface area contributed by atoms with Gasteiger partial charge in [-0.3, -0.25) is 9.78 Å². The van der Waals surface area contributed by atoms with Crippen molar-refractivity contribution >= 4 is 11.6 Å². The van der Waals surface area contributed by atoms with Crippen LogP contribution in [0.1, 0.15) is 5.69 Å². The molecule has 0 aliphatic carbocycles. The van der Waals surface area contributed by atoms with Gasteiger partial charge < -0.3 is 0 Å². The third kappa shape index (κ3) is 1.54. The molecule has 0 saturated heterocycles. The van der Waals surface area contributed by atoms with Crippen LogP contribution in [0.3, 0.4) is 0 Å². The summed E-state index contributed by atoms with van der Waals surface area (Å²) in [5.41, 5.74) is 0.413. The molecular weight excluding hydrogens is 140 g/mol. The van der Waals surface area contributed by atoms with Gasteiger partial charge in [0, 0.05) is 11.8 Å². The van der Waals surface area contributed by atoms with Crippen molar-refractivity contribution < 1.29 is 0 Å². The second kappa shape index (κ2) is 2.19. The maximum atomic E-state index is 10.5. The molecule has 1 aromatic rings. The van der Waals surface area contributed by atoms with E-state index < -0.39 is 0 Å². The van der Waals surface area contributed by atoms with Crippen molar-refractivity contribution in [3.05, 3.63) is 27.4 Å². The van der Waals surface area contributed by atoms with Crippen LogP contribution in [0.2, 0.25) is 5.28 Å². The zero-order valence-electron chi connectivity index (χ0n) is 4.81. The van der Waals surface area contributed by atoms with Crippen molar-refractivity contribution in [2.75, 3.05) is 0 Å². The lowest BCUT2D eigenvalue weighted by Crippen LogP contribution is -2.05. The molecule has 1 rings (SSSR count). The van der Waals surface area contributed by atoms with Crippen LogP contribution in [0.25, 0.3) is 0 Å². The van der Waals surface area contributed by atoms with Crippen LogP contribution in [0, 0.1) is 6.92 Å². The predicted molar refractivity (Wildman–Crippen MR) is 34.6 cm³/mol. The van der Waals surface area contributed by atoms with Gasteiger partial charge in [-0.15, -0.1) is 0 Å². The molecule has 0 atom stereocenters. The zero-order chi connectivity index (χ0) is 6.85. The minimum atomic E-state index is -0.215. The fourth-order valence-electron chi connectivity index (χ4n) is 0.543. The molecule has 4 heteroatoms. The molecule has 0 aromatic carbocycles. The molecule has 0 fully saturated rings. The standard InChI is InChI=1S/C5H5ClN2O/c1-3-2-4(9)8-5(6)7-3/h2H,1H3,(H,7,8,9). The average Bonchev–Trinajstić information content (AvgIpc) is 1.59. The van der Waals surface area contributed by atoms with Crippen molar-refractivity contribution in [1.82, 2.24) is 9.97 Å². The smallest absolute Gasteiger partial charge is 0.252 e. The summed E-state index contributed by atoms with van der Waals surface area (Å²) in [6, 6.07) is 1.38. The van der Waals surface area contributed by atoms with Gasteiger partial charge in [-0.05, 0) is 18.5 Å². The second-order valence-corrected chi connectivity index (χ2v) is 2.04. The number of nitrogens with zero attached hydrogens (tertiary/aromatic N) is 1. The Hall–Kier alpha value is -0.830. The summed E-state index contributed by atoms with van der Waals surface area (Å²) in [5, 5.41) is 0.139. The molecule has 9 heavy (non-hydrogen) atoms. The van der Waals surface area contributed by atoms with E-state index in [-0.39, 0.29) is 10.8 Å². The van der Waals surface area contributed by atoms with Gasteiger partial charge in [-0.2, -0.15) is 0 Å². The minimum absolute atomic E-state index is 0.139. The molecule has 1 aromatic heterocycles. The summed E-state index contributed by atoms with van der Waals surface area (Å²) in [6.07, 6.45) is 0. The molecule has 1 heterocycles. The fourth-order valence-corrected chi connectivity index (χ4v) is 0.769. The molecule has 0 aliphatic heterocycles. The van der Waals surface area contributed by atoms with E-state index >= 15 is 0 Å². The first kappa shape index (κ1) is 6.29. The number of hydrogen-bond donors (Lipinski definition) is 1. The van der Waals surface area contributed by atoms with E-state index in [4.69, 9.17) is 11.6 Å². The monoisotopic (exact) mass is 144 g/mol. The van der Waals surface area contributed by atoms with Gasteiger partial charge in [-0.25, -0.2) is 4.98 Å². The van der Waals surface area contributed by atoms with Crippen LogP contribution in [0.15, 0.2) is 10.9 Å². The molecule has 0 saturated carbocycles. The van der Waals surface area contributed by atoms with Crippen molar-refractivity contribution in [2.45, 2.75) is 6.92 Å². The predicted octanol–water partition coefficient (Wildman–Crippen LogP) is 0.732. The van der Waals surface area contributed by atoms with Crippen LogP contribution in [-0.4, -0.2) is 9.97 Å². The van der Waals surface area contributed by atoms with Gasteiger partial charge in [-0.1, -0.05) is 0 Å². The third-order valence-electron chi connectivity index (χ3n) is 0.841. The number of aryl methyl sites for hydroxylation is 1. The maximum absolute atomic E-state index is 10.5. The first-order chi connectivity index (χ1) is 4.18. The quantitative estimate of drug-likeness (QED) is 0.546. The third-order valence-corrected chi connectivity index (χ3v) is 1.02. The van der Waals surface area contributed by atoms with E-state index in [2.05, 4.69) is 9.97 Å². The van der Waals surface area contributed by atoms with Gasteiger partial charge in [0.1, 0.15) is 0 Å². The number of H-pyrrole nitrogens is 1. The Labute approximate surface area is 56.7 Å². The highest BCUT2D eigenvalue weighted by Gasteiger charge is 1.90. The lowest BCUT2D eigenvalue weighted by Gasteiger charge is -1.88. The van der Waals surface area contributed by atoms with Crippen molar-refractivity contribution in [3.8, 4) is 0 Å². The van der Waals surface area contributed by atoms with Gasteiger partial charge >= 0.3 is 0 Å². The number of aromatic amines is 1. The summed E-state index contributed by atoms with van der Waals surface area (Å²) in [6.45, 7) is 1.71. The molecule has 0 bridgehead atoms. The van der Waals surface area contributed by atoms with Gasteiger partial charge in [0.05, 0.1) is 0 Å². The Kier molecular flexibility index (Phi) is 1.53. The molecule has 0 spiro atoms. The Morgan fingerprint density at radius 3 is 2.89 bits per heavy atom. The van der Waals surface area contributed by atoms with Crippen LogP contribution in [0.4, 0.5) is 0 Å². The molecular formula is C5H5ClN2O. The number of rotatable bonds is 0. The first-order valence-corrected chi connectivity index (χ1v) is 2.80. The molecule has 0 amide bonds. The van der Waals surface area contributed by atoms with Crippen molar-refractivity contribution in [3.63, 3.8) is 0 Å². The maximum Gasteiger partial charge on any atom is 0.252 e. The highest BCUT2D eigenvalue weighted by molar-refractivity contribution is 6.28. The second-order valence-electron chi connectivity index (χ2n) is 1.68. The van der Waals surface area contributed by atoms with Crippen LogP contribution in [0.5, 0.6) is 0 Å². The van der Waals surface area contributed by atoms with Crippen LogP contribution >= 0.6 is 11.6 Å². The molecule has 48 valence electrons. The van der Waals surface area contributed by atoms with E-state index in [0.717, 1.165) is 0 Å². The SMILES string of the molecule is Cc1cc(=O)[nH]c(Cl)n1. The Morgan fingerprint density at radius 2 is 2.44 bits per heavy atom. The Bertz CT molecular complexity index is 245. The lowest BCUT2D eigenvalue weighted by molar-refractivity contribution is 1.06. The van der Waals surface area contributed by atoms with E-state index in [1.165, 1.54) is 6.07 Å². The highest BCUT2D eigenvalue weighted by atomic mass is 35.5. The Balaban J connectivity index is 3.33. The van der Waals surface area contributed by atoms with E-state index in [9.17, 15) is 4.79 Å². The van der Waals surface area contributed by atoms with Gasteiger partial charge in [0.25, 0.3) is 5.56 Å². The van der Waals surface area contributed by atoms with Crippen molar-refractivity contribution in [2.24, 2.45) is 0 Å². The summed E-state index contributed by atoms with van der Waals surface area (Å²) in [5.74, 6) is 0. The summed E-state index contributed by atoms with van der Waals surface area (Å²) in [7, 11) is 0. The average molecular weight is 145 g/mol. The van der Waals surface area contributed by atoms with Gasteiger partial charge in [0.2, 0.25) is 5.28 Å². The van der Waals surface area contributed by atoms with E-state index in [1.807, 2.05) is 0 Å². The summed E-state index contributed by atoms with van der Waals surface area (Å²) >= 11 is 5.38. The lowest BCUT2D eigenvalue weighted by atomic mass is 10.5. The number of nitrogens with one attached hydrogen (secondary N) is 1. The highest BCUT2D eigenvalue weighted by Crippen LogP contribution is 1.94. The topological polar surface area (TPSA) is 45.8 Å². The van der Waals surface area contributed by atoms with Gasteiger partial charge in [0.15, 0.2) is 0 Å². The number of hydrogen-bond acceptors (Lipinski definition) is 2. The molecule has 0 unspecified atom stereocenters. The van der Waals surface area contributed by atoms with E-state index in [0.29, 0.717) is 5.69 Å². The largest absolute Gasteiger partial charge is 0.297 e. The fraction of sp³-hybridized carbons (Fsp3) is 0.200. The zero-order valence-corrected chi connectivity index (χ0v) is 5.57. The molecule has 0 radical (unpaired) electrons. The van der Waals surface area contributed by atoms with Crippen molar-refractivity contribution in [1.29, 1.82) is 0 Å².